The van der Waals surface area contributed by atoms with Crippen LogP contribution in [0.25, 0.3) is 10.8 Å². The zero-order valence-electron chi connectivity index (χ0n) is 16.1. The van der Waals surface area contributed by atoms with Gasteiger partial charge in [-0.2, -0.15) is 10.1 Å². The van der Waals surface area contributed by atoms with Gasteiger partial charge in [-0.3, -0.25) is 19.7 Å². The molecule has 0 saturated carbocycles. The molecular weight excluding hydrogens is 370 g/mol. The number of hydrogen-bond donors (Lipinski definition) is 0. The van der Waals surface area contributed by atoms with Gasteiger partial charge < -0.3 is 0 Å². The van der Waals surface area contributed by atoms with Gasteiger partial charge >= 0.3 is 0 Å². The Morgan fingerprint density at radius 3 is 2.21 bits per heavy atom. The fraction of sp³-hybridized carbons (Fsp3) is 0.136. The minimum atomic E-state index is -0.604. The highest BCUT2D eigenvalue weighted by Gasteiger charge is 2.34. The van der Waals surface area contributed by atoms with E-state index in [1.54, 1.807) is 18.2 Å². The predicted octanol–water partition coefficient (Wildman–Crippen LogP) is 4.30. The van der Waals surface area contributed by atoms with E-state index < -0.39 is 16.7 Å². The first-order valence-electron chi connectivity index (χ1n) is 9.00. The van der Waals surface area contributed by atoms with E-state index in [4.69, 9.17) is 0 Å². The zero-order valence-corrected chi connectivity index (χ0v) is 16.1. The van der Waals surface area contributed by atoms with Gasteiger partial charge in [-0.25, -0.2) is 0 Å². The number of aryl methyl sites for hydroxylation is 3. The highest BCUT2D eigenvalue weighted by Crippen LogP contribution is 2.35. The summed E-state index contributed by atoms with van der Waals surface area (Å²) in [5, 5.41) is 16.9. The number of carbonyl (C=O) groups excluding carboxylic acids is 2. The number of imide groups is 1. The third kappa shape index (κ3) is 2.87. The molecule has 144 valence electrons. The summed E-state index contributed by atoms with van der Waals surface area (Å²) in [4.78, 5) is 36.7. The average molecular weight is 387 g/mol. The topological polar surface area (TPSA) is 92.9 Å². The zero-order chi connectivity index (χ0) is 20.9. The highest BCUT2D eigenvalue weighted by atomic mass is 16.6. The Morgan fingerprint density at radius 1 is 0.966 bits per heavy atom. The van der Waals surface area contributed by atoms with Crippen LogP contribution in [0, 0.1) is 30.9 Å². The monoisotopic (exact) mass is 387 g/mol. The molecule has 1 aliphatic heterocycles. The molecule has 29 heavy (non-hydrogen) atoms. The summed E-state index contributed by atoms with van der Waals surface area (Å²) in [7, 11) is 0. The van der Waals surface area contributed by atoms with E-state index in [0.29, 0.717) is 5.39 Å². The van der Waals surface area contributed by atoms with Gasteiger partial charge in [-0.05, 0) is 50.1 Å². The molecule has 0 fully saturated rings. The Morgan fingerprint density at radius 2 is 1.59 bits per heavy atom. The van der Waals surface area contributed by atoms with Crippen LogP contribution in [0.1, 0.15) is 43.0 Å². The number of rotatable bonds is 3. The molecule has 1 heterocycles. The molecule has 0 saturated heterocycles. The molecule has 7 heteroatoms. The second kappa shape index (κ2) is 6.63. The number of hydrazone groups is 1. The van der Waals surface area contributed by atoms with Crippen LogP contribution in [0.3, 0.4) is 0 Å². The quantitative estimate of drug-likeness (QED) is 0.290. The highest BCUT2D eigenvalue weighted by molar-refractivity contribution is 6.26. The van der Waals surface area contributed by atoms with Gasteiger partial charge in [-0.15, -0.1) is 0 Å². The van der Waals surface area contributed by atoms with E-state index in [2.05, 4.69) is 5.10 Å². The number of carbonyl (C=O) groups is 2. The molecule has 0 atom stereocenters. The Balaban J connectivity index is 1.83. The van der Waals surface area contributed by atoms with Crippen molar-refractivity contribution >= 4 is 34.5 Å². The molecule has 7 nitrogen and oxygen atoms in total. The number of nitrogens with zero attached hydrogens (tertiary/aromatic N) is 3. The molecule has 0 radical (unpaired) electrons. The fourth-order valence-corrected chi connectivity index (χ4v) is 3.84. The lowest BCUT2D eigenvalue weighted by atomic mass is 9.94. The van der Waals surface area contributed by atoms with Gasteiger partial charge in [0.2, 0.25) is 0 Å². The number of nitro benzene ring substituents is 1. The van der Waals surface area contributed by atoms with E-state index in [-0.39, 0.29) is 22.2 Å². The van der Waals surface area contributed by atoms with Crippen molar-refractivity contribution in [2.24, 2.45) is 5.10 Å². The van der Waals surface area contributed by atoms with Crippen molar-refractivity contribution in [2.75, 3.05) is 0 Å². The molecule has 3 aromatic rings. The van der Waals surface area contributed by atoms with E-state index >= 15 is 0 Å². The average Bonchev–Trinajstić information content (AvgIpc) is 2.66. The van der Waals surface area contributed by atoms with Crippen LogP contribution in [-0.4, -0.2) is 28.0 Å². The minimum Gasteiger partial charge on any atom is -0.267 e. The summed E-state index contributed by atoms with van der Waals surface area (Å²) in [6.45, 7) is 5.88. The third-order valence-electron chi connectivity index (χ3n) is 5.10. The van der Waals surface area contributed by atoms with Gasteiger partial charge in [-0.1, -0.05) is 23.8 Å². The molecular formula is C22H17N3O4. The molecule has 4 rings (SSSR count). The summed E-state index contributed by atoms with van der Waals surface area (Å²) in [5.74, 6) is -1.21. The Bertz CT molecular complexity index is 1220. The summed E-state index contributed by atoms with van der Waals surface area (Å²) in [5.41, 5.74) is 4.22. The summed E-state index contributed by atoms with van der Waals surface area (Å²) in [6.07, 6.45) is 1.51. The van der Waals surface area contributed by atoms with Crippen LogP contribution in [0.15, 0.2) is 47.6 Å². The standard InChI is InChI=1S/C22H17N3O4/c1-12-9-13(2)18(14(3)10-12)11-23-24-21(26)16-6-4-5-15-19(25(28)29)8-7-17(20(15)16)22(24)27/h4-11H,1-3H3. The molecule has 0 spiro atoms. The van der Waals surface area contributed by atoms with Gasteiger partial charge in [0.05, 0.1) is 27.7 Å². The summed E-state index contributed by atoms with van der Waals surface area (Å²) >= 11 is 0. The van der Waals surface area contributed by atoms with Crippen molar-refractivity contribution in [1.29, 1.82) is 0 Å². The van der Waals surface area contributed by atoms with E-state index in [1.807, 2.05) is 32.9 Å². The van der Waals surface area contributed by atoms with Gasteiger partial charge in [0.15, 0.2) is 0 Å². The third-order valence-corrected chi connectivity index (χ3v) is 5.10. The van der Waals surface area contributed by atoms with Crippen LogP contribution in [0.5, 0.6) is 0 Å². The minimum absolute atomic E-state index is 0.144. The largest absolute Gasteiger partial charge is 0.282 e. The molecule has 0 N–H and O–H groups in total. The van der Waals surface area contributed by atoms with Gasteiger partial charge in [0.25, 0.3) is 17.5 Å². The van der Waals surface area contributed by atoms with Crippen LogP contribution in [0.2, 0.25) is 0 Å². The maximum absolute atomic E-state index is 13.0. The predicted molar refractivity (Wildman–Crippen MR) is 109 cm³/mol. The van der Waals surface area contributed by atoms with Gasteiger partial charge in [0, 0.05) is 17.0 Å². The van der Waals surface area contributed by atoms with Crippen molar-refractivity contribution in [3.63, 3.8) is 0 Å². The van der Waals surface area contributed by atoms with Gasteiger partial charge in [0.1, 0.15) is 0 Å². The van der Waals surface area contributed by atoms with Crippen molar-refractivity contribution in [2.45, 2.75) is 20.8 Å². The number of non-ortho nitro benzene ring substituents is 1. The Hall–Kier alpha value is -3.87. The van der Waals surface area contributed by atoms with Crippen LogP contribution >= 0.6 is 0 Å². The second-order valence-corrected chi connectivity index (χ2v) is 7.10. The lowest BCUT2D eigenvalue weighted by Gasteiger charge is -2.23. The molecule has 0 unspecified atom stereocenters. The van der Waals surface area contributed by atoms with E-state index in [0.717, 1.165) is 27.3 Å². The van der Waals surface area contributed by atoms with Crippen molar-refractivity contribution in [1.82, 2.24) is 5.01 Å². The van der Waals surface area contributed by atoms with Crippen LogP contribution < -0.4 is 0 Å². The lowest BCUT2D eigenvalue weighted by molar-refractivity contribution is -0.383. The molecule has 3 aromatic carbocycles. The Kier molecular flexibility index (Phi) is 4.23. The second-order valence-electron chi connectivity index (χ2n) is 7.10. The van der Waals surface area contributed by atoms with Crippen molar-refractivity contribution in [3.05, 3.63) is 86.0 Å². The number of hydrogen-bond acceptors (Lipinski definition) is 5. The fourth-order valence-electron chi connectivity index (χ4n) is 3.84. The van der Waals surface area contributed by atoms with Crippen molar-refractivity contribution < 1.29 is 14.5 Å². The normalized spacial score (nSPS) is 13.6. The first-order valence-corrected chi connectivity index (χ1v) is 9.00. The smallest absolute Gasteiger partial charge is 0.267 e. The molecule has 2 amide bonds. The first-order chi connectivity index (χ1) is 13.8. The lowest BCUT2D eigenvalue weighted by Crippen LogP contribution is -2.36. The molecule has 0 aromatic heterocycles. The van der Waals surface area contributed by atoms with Crippen molar-refractivity contribution in [3.8, 4) is 0 Å². The van der Waals surface area contributed by atoms with E-state index in [9.17, 15) is 19.7 Å². The maximum Gasteiger partial charge on any atom is 0.282 e. The van der Waals surface area contributed by atoms with E-state index in [1.165, 1.54) is 18.3 Å². The number of nitro groups is 1. The maximum atomic E-state index is 13.0. The number of benzene rings is 3. The summed E-state index contributed by atoms with van der Waals surface area (Å²) < 4.78 is 0. The molecule has 1 aliphatic rings. The molecule has 0 aliphatic carbocycles. The van der Waals surface area contributed by atoms with Crippen LogP contribution in [-0.2, 0) is 0 Å². The first kappa shape index (κ1) is 18.5. The number of amides is 2. The summed E-state index contributed by atoms with van der Waals surface area (Å²) in [6, 6.07) is 11.3. The van der Waals surface area contributed by atoms with Crippen LogP contribution in [0.4, 0.5) is 5.69 Å². The Labute approximate surface area is 166 Å². The molecule has 0 bridgehead atoms. The SMILES string of the molecule is Cc1cc(C)c(C=NN2C(=O)c3cccc4c([N+](=O)[O-])ccc(c34)C2=O)c(C)c1.